The third kappa shape index (κ3) is 6.29. The van der Waals surface area contributed by atoms with Crippen molar-refractivity contribution in [2.24, 2.45) is 34.5 Å². The van der Waals surface area contributed by atoms with Gasteiger partial charge >= 0.3 is 0 Å². The Kier molecular flexibility index (Phi) is 11.2. The van der Waals surface area contributed by atoms with Crippen LogP contribution in [0.15, 0.2) is 0 Å². The van der Waals surface area contributed by atoms with Crippen LogP contribution in [0.2, 0.25) is 0 Å². The van der Waals surface area contributed by atoms with Gasteiger partial charge in [-0.05, 0) is 87.9 Å². The predicted molar refractivity (Wildman–Crippen MR) is 160 cm³/mol. The molecule has 0 atom stereocenters. The maximum absolute atomic E-state index is 13.9. The molecule has 4 fully saturated rings. The fourth-order valence-electron chi connectivity index (χ4n) is 9.31. The van der Waals surface area contributed by atoms with Crippen LogP contribution in [0.5, 0.6) is 0 Å². The van der Waals surface area contributed by atoms with Crippen LogP contribution < -0.4 is 0 Å². The molecular weight excluding hydrogens is 495 g/mol. The Hall–Kier alpha value is 0.250. The van der Waals surface area contributed by atoms with Crippen LogP contribution in [-0.2, 0) is 4.79 Å². The Balaban J connectivity index is 1.19. The van der Waals surface area contributed by atoms with Gasteiger partial charge in [0.2, 0.25) is 0 Å². The summed E-state index contributed by atoms with van der Waals surface area (Å²) in [4.78, 5) is 13.9. The monoisotopic (exact) mass is 552 g/mol. The first-order valence-corrected chi connectivity index (χ1v) is 17.6. The Morgan fingerprint density at radius 1 is 0.568 bits per heavy atom. The van der Waals surface area contributed by atoms with E-state index in [9.17, 15) is 4.79 Å². The summed E-state index contributed by atoms with van der Waals surface area (Å²) >= 11 is 14.5. The maximum atomic E-state index is 13.9. The second kappa shape index (κ2) is 13.7. The fourth-order valence-corrected chi connectivity index (χ4v) is 10.4. The Morgan fingerprint density at radius 3 is 1.43 bits per heavy atom. The maximum Gasteiger partial charge on any atom is 0.151 e. The third-order valence-electron chi connectivity index (χ3n) is 11.9. The van der Waals surface area contributed by atoms with Crippen LogP contribution in [0, 0.1) is 34.5 Å². The number of halogens is 2. The average Bonchev–Trinajstić information content (AvgIpc) is 2.93. The van der Waals surface area contributed by atoms with Crippen molar-refractivity contribution in [2.45, 2.75) is 172 Å². The minimum atomic E-state index is -0.830. The van der Waals surface area contributed by atoms with E-state index in [1.54, 1.807) is 0 Å². The van der Waals surface area contributed by atoms with Crippen LogP contribution in [0.25, 0.3) is 0 Å². The molecule has 1 nitrogen and oxygen atoms in total. The second-order valence-corrected chi connectivity index (χ2v) is 15.4. The molecule has 2 spiro atoms. The lowest BCUT2D eigenvalue weighted by molar-refractivity contribution is -0.173. The highest BCUT2D eigenvalue weighted by Crippen LogP contribution is 2.74. The van der Waals surface area contributed by atoms with Gasteiger partial charge in [-0.1, -0.05) is 127 Å². The molecule has 214 valence electrons. The third-order valence-corrected chi connectivity index (χ3v) is 13.4. The van der Waals surface area contributed by atoms with Crippen LogP contribution >= 0.6 is 23.2 Å². The van der Waals surface area contributed by atoms with Crippen LogP contribution in [0.1, 0.15) is 168 Å². The number of hydrogen-bond acceptors (Lipinski definition) is 1. The van der Waals surface area contributed by atoms with Crippen LogP contribution in [0.3, 0.4) is 0 Å². The first kappa shape index (κ1) is 30.2. The Bertz CT molecular complexity index is 691. The van der Waals surface area contributed by atoms with E-state index in [2.05, 4.69) is 13.8 Å². The van der Waals surface area contributed by atoms with E-state index in [0.717, 1.165) is 62.2 Å². The van der Waals surface area contributed by atoms with Gasteiger partial charge in [0, 0.05) is 0 Å². The highest BCUT2D eigenvalue weighted by atomic mass is 35.5. The lowest BCUT2D eigenvalue weighted by Crippen LogP contribution is -2.74. The van der Waals surface area contributed by atoms with E-state index in [-0.39, 0.29) is 0 Å². The summed E-state index contributed by atoms with van der Waals surface area (Å²) < 4.78 is -0.830. The molecule has 0 bridgehead atoms. The molecule has 37 heavy (non-hydrogen) atoms. The van der Waals surface area contributed by atoms with E-state index in [1.165, 1.54) is 116 Å². The van der Waals surface area contributed by atoms with E-state index >= 15 is 0 Å². The first-order valence-electron chi connectivity index (χ1n) is 16.8. The SMILES string of the molecule is CCCCCCCC1CCC([C@H]2CC[C@@]3(CC2)C(=O)[C@]2(CCC(CCCCCCC)CC2)C3(Cl)Cl)CC1. The van der Waals surface area contributed by atoms with Crippen LogP contribution in [-0.4, -0.2) is 10.1 Å². The highest BCUT2D eigenvalue weighted by molar-refractivity contribution is 6.55. The molecule has 0 saturated heterocycles. The van der Waals surface area contributed by atoms with Crippen molar-refractivity contribution in [3.05, 3.63) is 0 Å². The van der Waals surface area contributed by atoms with Gasteiger partial charge in [0.15, 0.2) is 5.78 Å². The zero-order chi connectivity index (χ0) is 26.4. The summed E-state index contributed by atoms with van der Waals surface area (Å²) in [6.45, 7) is 4.58. The smallest absolute Gasteiger partial charge is 0.151 e. The Morgan fingerprint density at radius 2 is 0.973 bits per heavy atom. The molecule has 4 aliphatic carbocycles. The minimum absolute atomic E-state index is 0.434. The average molecular weight is 554 g/mol. The number of alkyl halides is 2. The van der Waals surface area contributed by atoms with Crippen molar-refractivity contribution in [2.75, 3.05) is 0 Å². The number of Topliss-reactive ketones (excluding diaryl/α,β-unsaturated/α-hetero) is 1. The molecule has 0 aromatic carbocycles. The molecule has 0 aromatic heterocycles. The molecule has 0 aliphatic heterocycles. The summed E-state index contributed by atoms with van der Waals surface area (Å²) in [7, 11) is 0. The number of unbranched alkanes of at least 4 members (excludes halogenated alkanes) is 8. The predicted octanol–water partition coefficient (Wildman–Crippen LogP) is 11.6. The van der Waals surface area contributed by atoms with Crippen molar-refractivity contribution in [3.63, 3.8) is 0 Å². The van der Waals surface area contributed by atoms with Gasteiger partial charge < -0.3 is 0 Å². The summed E-state index contributed by atoms with van der Waals surface area (Å²) in [5.74, 6) is 3.91. The normalized spacial score (nSPS) is 37.7. The molecule has 4 rings (SSSR count). The minimum Gasteiger partial charge on any atom is -0.298 e. The van der Waals surface area contributed by atoms with E-state index < -0.39 is 15.2 Å². The summed E-state index contributed by atoms with van der Waals surface area (Å²) in [6, 6.07) is 0. The van der Waals surface area contributed by atoms with Gasteiger partial charge in [-0.3, -0.25) is 4.79 Å². The van der Waals surface area contributed by atoms with E-state index in [4.69, 9.17) is 23.2 Å². The molecule has 3 heteroatoms. The number of carbonyl (C=O) groups excluding carboxylic acids is 1. The quantitative estimate of drug-likeness (QED) is 0.164. The molecule has 0 N–H and O–H groups in total. The number of ketones is 1. The zero-order valence-electron chi connectivity index (χ0n) is 24.4. The van der Waals surface area contributed by atoms with Crippen LogP contribution in [0.4, 0.5) is 0 Å². The molecule has 0 radical (unpaired) electrons. The van der Waals surface area contributed by atoms with Crippen molar-refractivity contribution in [3.8, 4) is 0 Å². The van der Waals surface area contributed by atoms with Gasteiger partial charge in [-0.25, -0.2) is 0 Å². The first-order chi connectivity index (χ1) is 17.9. The van der Waals surface area contributed by atoms with Gasteiger partial charge in [0.1, 0.15) is 4.33 Å². The number of rotatable bonds is 13. The van der Waals surface area contributed by atoms with Gasteiger partial charge in [-0.15, -0.1) is 0 Å². The molecular formula is C34H58Cl2O. The zero-order valence-corrected chi connectivity index (χ0v) is 26.0. The van der Waals surface area contributed by atoms with Gasteiger partial charge in [0.05, 0.1) is 10.8 Å². The Labute approximate surface area is 240 Å². The molecule has 0 heterocycles. The lowest BCUT2D eigenvalue weighted by Gasteiger charge is -2.67. The molecule has 0 unspecified atom stereocenters. The largest absolute Gasteiger partial charge is 0.298 e. The lowest BCUT2D eigenvalue weighted by atomic mass is 9.42. The fraction of sp³-hybridized carbons (Fsp3) is 0.971. The molecule has 0 amide bonds. The second-order valence-electron chi connectivity index (χ2n) is 14.0. The van der Waals surface area contributed by atoms with Crippen molar-refractivity contribution < 1.29 is 4.79 Å². The van der Waals surface area contributed by atoms with Gasteiger partial charge in [0.25, 0.3) is 0 Å². The standard InChI is InChI=1S/C34H58Cl2O/c1-3-5-7-9-11-13-27-15-17-29(18-16-27)30-21-25-33(26-22-30)31(37)32(34(33,35)36)23-19-28(20-24-32)14-12-10-8-6-4-2/h27-30H,3-26H2,1-2H3/t27?,28?,29?,30-,32-,33+. The van der Waals surface area contributed by atoms with E-state index in [0.29, 0.717) is 5.78 Å². The summed E-state index contributed by atoms with van der Waals surface area (Å²) in [5.41, 5.74) is -0.869. The van der Waals surface area contributed by atoms with E-state index in [1.807, 2.05) is 0 Å². The number of carbonyl (C=O) groups is 1. The molecule has 0 aromatic rings. The summed E-state index contributed by atoms with van der Waals surface area (Å²) in [5, 5.41) is 0. The summed E-state index contributed by atoms with van der Waals surface area (Å²) in [6.07, 6.45) is 30.8. The topological polar surface area (TPSA) is 17.1 Å². The molecule has 4 saturated carbocycles. The van der Waals surface area contributed by atoms with Crippen molar-refractivity contribution >= 4 is 29.0 Å². The number of hydrogen-bond donors (Lipinski definition) is 0. The van der Waals surface area contributed by atoms with Crippen molar-refractivity contribution in [1.82, 2.24) is 0 Å². The molecule has 4 aliphatic rings. The highest BCUT2D eigenvalue weighted by Gasteiger charge is 2.79. The van der Waals surface area contributed by atoms with Crippen molar-refractivity contribution in [1.29, 1.82) is 0 Å². The van der Waals surface area contributed by atoms with Gasteiger partial charge in [-0.2, -0.15) is 0 Å².